The molecule has 0 saturated heterocycles. The second kappa shape index (κ2) is 4.77. The van der Waals surface area contributed by atoms with Crippen LogP contribution in [0.5, 0.6) is 0 Å². The Labute approximate surface area is 110 Å². The number of rotatable bonds is 3. The van der Waals surface area contributed by atoms with Gasteiger partial charge < -0.3 is 0 Å². The van der Waals surface area contributed by atoms with Crippen LogP contribution in [0.2, 0.25) is 0 Å². The predicted molar refractivity (Wildman–Crippen MR) is 71.6 cm³/mol. The minimum absolute atomic E-state index is 0.135. The summed E-state index contributed by atoms with van der Waals surface area (Å²) < 4.78 is 0.882. The maximum Gasteiger partial charge on any atom is 0.180 e. The van der Waals surface area contributed by atoms with Crippen molar-refractivity contribution in [3.05, 3.63) is 36.4 Å². The molecule has 0 unspecified atom stereocenters. The Kier molecular flexibility index (Phi) is 3.56. The van der Waals surface area contributed by atoms with Gasteiger partial charge >= 0.3 is 0 Å². The van der Waals surface area contributed by atoms with E-state index in [0.717, 1.165) is 20.1 Å². The molecule has 0 bridgehead atoms. The number of aromatic nitrogens is 1. The van der Waals surface area contributed by atoms with Gasteiger partial charge in [0.2, 0.25) is 0 Å². The van der Waals surface area contributed by atoms with Crippen molar-refractivity contribution in [2.75, 3.05) is 0 Å². The van der Waals surface area contributed by atoms with Gasteiger partial charge in [-0.05, 0) is 41.2 Å². The van der Waals surface area contributed by atoms with E-state index in [9.17, 15) is 4.79 Å². The fourth-order valence-electron chi connectivity index (χ4n) is 1.33. The molecule has 0 aromatic carbocycles. The molecule has 2 nitrogen and oxygen atoms in total. The first-order valence-corrected chi connectivity index (χ1v) is 7.26. The second-order valence-electron chi connectivity index (χ2n) is 3.45. The fourth-order valence-corrected chi connectivity index (χ4v) is 3.79. The van der Waals surface area contributed by atoms with Crippen molar-refractivity contribution in [3.8, 4) is 0 Å². The van der Waals surface area contributed by atoms with Gasteiger partial charge in [-0.1, -0.05) is 0 Å². The number of hydrogen-bond donors (Lipinski definition) is 0. The van der Waals surface area contributed by atoms with Crippen LogP contribution in [0, 0.1) is 13.8 Å². The van der Waals surface area contributed by atoms with Crippen molar-refractivity contribution >= 4 is 44.4 Å². The standard InChI is InChI=1S/C11H10BrNOS2/c1-6-7(2)16-10(13-6)5-9(14)11-8(12)3-4-15-11/h3-4H,5H2,1-2H3. The molecule has 2 heterocycles. The van der Waals surface area contributed by atoms with Crippen LogP contribution in [0.1, 0.15) is 25.3 Å². The molecule has 0 radical (unpaired) electrons. The van der Waals surface area contributed by atoms with E-state index in [1.54, 1.807) is 11.3 Å². The number of carbonyl (C=O) groups is 1. The quantitative estimate of drug-likeness (QED) is 0.801. The van der Waals surface area contributed by atoms with Gasteiger partial charge in [-0.2, -0.15) is 0 Å². The fraction of sp³-hybridized carbons (Fsp3) is 0.273. The number of Topliss-reactive ketones (excluding diaryl/α,β-unsaturated/α-hetero) is 1. The molecule has 0 atom stereocenters. The Morgan fingerprint density at radius 1 is 1.50 bits per heavy atom. The van der Waals surface area contributed by atoms with Crippen LogP contribution >= 0.6 is 38.6 Å². The first-order valence-electron chi connectivity index (χ1n) is 4.77. The van der Waals surface area contributed by atoms with Crippen molar-refractivity contribution in [1.29, 1.82) is 0 Å². The molecule has 0 fully saturated rings. The van der Waals surface area contributed by atoms with E-state index >= 15 is 0 Å². The van der Waals surface area contributed by atoms with Gasteiger partial charge in [0.05, 0.1) is 17.0 Å². The van der Waals surface area contributed by atoms with Crippen LogP contribution < -0.4 is 0 Å². The molecular weight excluding hydrogens is 306 g/mol. The molecule has 16 heavy (non-hydrogen) atoms. The molecule has 0 aliphatic heterocycles. The SMILES string of the molecule is Cc1nc(CC(=O)c2sccc2Br)sc1C. The highest BCUT2D eigenvalue weighted by Gasteiger charge is 2.14. The molecular formula is C11H10BrNOS2. The predicted octanol–water partition coefficient (Wildman–Crippen LogP) is 4.01. The van der Waals surface area contributed by atoms with Crippen molar-refractivity contribution in [1.82, 2.24) is 4.98 Å². The summed E-state index contributed by atoms with van der Waals surface area (Å²) in [6, 6.07) is 1.90. The zero-order chi connectivity index (χ0) is 11.7. The Morgan fingerprint density at radius 3 is 2.75 bits per heavy atom. The Bertz CT molecular complexity index is 510. The number of aryl methyl sites for hydroxylation is 2. The minimum atomic E-state index is 0.135. The number of thiazole rings is 1. The third-order valence-corrected chi connectivity index (χ3v) is 5.21. The smallest absolute Gasteiger partial charge is 0.180 e. The van der Waals surface area contributed by atoms with Gasteiger partial charge in [0.1, 0.15) is 5.01 Å². The molecule has 0 saturated carbocycles. The average Bonchev–Trinajstić information content (AvgIpc) is 2.74. The zero-order valence-electron chi connectivity index (χ0n) is 8.91. The molecule has 0 aliphatic rings. The maximum absolute atomic E-state index is 12.0. The summed E-state index contributed by atoms with van der Waals surface area (Å²) in [5.74, 6) is 0.135. The van der Waals surface area contributed by atoms with E-state index in [2.05, 4.69) is 20.9 Å². The molecule has 0 N–H and O–H groups in total. The third kappa shape index (κ3) is 2.42. The number of halogens is 1. The Hall–Kier alpha value is -0.520. The summed E-state index contributed by atoms with van der Waals surface area (Å²) >= 11 is 6.44. The van der Waals surface area contributed by atoms with E-state index < -0.39 is 0 Å². The van der Waals surface area contributed by atoms with Crippen LogP contribution in [-0.4, -0.2) is 10.8 Å². The van der Waals surface area contributed by atoms with Gasteiger partial charge in [0.15, 0.2) is 5.78 Å². The topological polar surface area (TPSA) is 30.0 Å². The van der Waals surface area contributed by atoms with Crippen LogP contribution in [0.15, 0.2) is 15.9 Å². The van der Waals surface area contributed by atoms with Crippen LogP contribution in [0.3, 0.4) is 0 Å². The first-order chi connectivity index (χ1) is 7.58. The number of thiophene rings is 1. The molecule has 5 heteroatoms. The van der Waals surface area contributed by atoms with Crippen molar-refractivity contribution in [3.63, 3.8) is 0 Å². The monoisotopic (exact) mass is 315 g/mol. The molecule has 2 aromatic heterocycles. The van der Waals surface area contributed by atoms with Crippen molar-refractivity contribution in [2.45, 2.75) is 20.3 Å². The lowest BCUT2D eigenvalue weighted by Gasteiger charge is -1.95. The summed E-state index contributed by atoms with van der Waals surface area (Å²) in [5, 5.41) is 2.82. The number of nitrogens with zero attached hydrogens (tertiary/aromatic N) is 1. The van der Waals surface area contributed by atoms with Gasteiger partial charge in [0.25, 0.3) is 0 Å². The normalized spacial score (nSPS) is 10.7. The second-order valence-corrected chi connectivity index (χ2v) is 6.51. The summed E-state index contributed by atoms with van der Waals surface area (Å²) in [7, 11) is 0. The maximum atomic E-state index is 12.0. The van der Waals surface area contributed by atoms with Crippen molar-refractivity contribution < 1.29 is 4.79 Å². The molecule has 0 amide bonds. The van der Waals surface area contributed by atoms with Gasteiger partial charge in [-0.15, -0.1) is 22.7 Å². The summed E-state index contributed by atoms with van der Waals surface area (Å²) in [5.41, 5.74) is 1.03. The summed E-state index contributed by atoms with van der Waals surface area (Å²) in [4.78, 5) is 18.3. The van der Waals surface area contributed by atoms with E-state index in [0.29, 0.717) is 6.42 Å². The van der Waals surface area contributed by atoms with E-state index in [1.807, 2.05) is 25.3 Å². The highest BCUT2D eigenvalue weighted by Crippen LogP contribution is 2.25. The zero-order valence-corrected chi connectivity index (χ0v) is 12.1. The lowest BCUT2D eigenvalue weighted by molar-refractivity contribution is 0.0996. The molecule has 2 rings (SSSR count). The van der Waals surface area contributed by atoms with E-state index in [1.165, 1.54) is 16.2 Å². The van der Waals surface area contributed by atoms with Crippen LogP contribution in [0.4, 0.5) is 0 Å². The van der Waals surface area contributed by atoms with Crippen LogP contribution in [0.25, 0.3) is 0 Å². The summed E-state index contributed by atoms with van der Waals surface area (Å²) in [6.45, 7) is 4.00. The number of ketones is 1. The Balaban J connectivity index is 2.17. The number of hydrogen-bond acceptors (Lipinski definition) is 4. The van der Waals surface area contributed by atoms with Crippen molar-refractivity contribution in [2.24, 2.45) is 0 Å². The Morgan fingerprint density at radius 2 is 2.25 bits per heavy atom. The minimum Gasteiger partial charge on any atom is -0.293 e. The third-order valence-electron chi connectivity index (χ3n) is 2.26. The van der Waals surface area contributed by atoms with Gasteiger partial charge in [-0.25, -0.2) is 4.98 Å². The molecule has 84 valence electrons. The first kappa shape index (κ1) is 12.0. The van der Waals surface area contributed by atoms with Crippen LogP contribution in [-0.2, 0) is 6.42 Å². The van der Waals surface area contributed by atoms with E-state index in [-0.39, 0.29) is 5.78 Å². The average molecular weight is 316 g/mol. The largest absolute Gasteiger partial charge is 0.293 e. The van der Waals surface area contributed by atoms with Gasteiger partial charge in [-0.3, -0.25) is 4.79 Å². The summed E-state index contributed by atoms with van der Waals surface area (Å²) in [6.07, 6.45) is 0.401. The molecule has 2 aromatic rings. The van der Waals surface area contributed by atoms with Gasteiger partial charge in [0, 0.05) is 9.35 Å². The highest BCUT2D eigenvalue weighted by molar-refractivity contribution is 9.10. The molecule has 0 aliphatic carbocycles. The highest BCUT2D eigenvalue weighted by atomic mass is 79.9. The molecule has 0 spiro atoms. The number of carbonyl (C=O) groups excluding carboxylic acids is 1. The lowest BCUT2D eigenvalue weighted by atomic mass is 10.2. The van der Waals surface area contributed by atoms with E-state index in [4.69, 9.17) is 0 Å². The lowest BCUT2D eigenvalue weighted by Crippen LogP contribution is -2.01.